The van der Waals surface area contributed by atoms with E-state index in [1.807, 2.05) is 36.4 Å². The summed E-state index contributed by atoms with van der Waals surface area (Å²) in [6, 6.07) is 17.9. The molecule has 30 heavy (non-hydrogen) atoms. The number of fused-ring (bicyclic) bond motifs is 1. The Balaban J connectivity index is 1.57. The molecule has 0 spiro atoms. The number of nitrogens with one attached hydrogen (secondary N) is 1. The SMILES string of the molecule is COc1ccc2cc([C@H](C)C(=O)OCC(=O)Nc3ccc(C(C)=O)cc3)ccc2c1. The number of methoxy groups -OCH3 is 1. The van der Waals surface area contributed by atoms with Gasteiger partial charge in [0.15, 0.2) is 12.4 Å². The smallest absolute Gasteiger partial charge is 0.313 e. The number of ketones is 1. The first-order valence-corrected chi connectivity index (χ1v) is 9.52. The molecule has 0 heterocycles. The van der Waals surface area contributed by atoms with Crippen LogP contribution in [0.1, 0.15) is 35.7 Å². The maximum absolute atomic E-state index is 12.4. The van der Waals surface area contributed by atoms with Crippen LogP contribution in [0, 0.1) is 0 Å². The summed E-state index contributed by atoms with van der Waals surface area (Å²) in [7, 11) is 1.62. The fraction of sp³-hybridized carbons (Fsp3) is 0.208. The van der Waals surface area contributed by atoms with Gasteiger partial charge in [-0.25, -0.2) is 0 Å². The Bertz CT molecular complexity index is 1090. The highest BCUT2D eigenvalue weighted by molar-refractivity contribution is 5.96. The van der Waals surface area contributed by atoms with Crippen LogP contribution in [-0.4, -0.2) is 31.4 Å². The lowest BCUT2D eigenvalue weighted by molar-refractivity contribution is -0.148. The van der Waals surface area contributed by atoms with Crippen LogP contribution >= 0.6 is 0 Å². The molecule has 1 amide bonds. The van der Waals surface area contributed by atoms with Gasteiger partial charge in [0.1, 0.15) is 5.75 Å². The molecule has 0 saturated heterocycles. The summed E-state index contributed by atoms with van der Waals surface area (Å²) in [6.07, 6.45) is 0. The van der Waals surface area contributed by atoms with Gasteiger partial charge in [-0.3, -0.25) is 14.4 Å². The third kappa shape index (κ3) is 5.03. The number of carbonyl (C=O) groups excluding carboxylic acids is 3. The zero-order valence-electron chi connectivity index (χ0n) is 17.1. The topological polar surface area (TPSA) is 81.7 Å². The summed E-state index contributed by atoms with van der Waals surface area (Å²) in [5.41, 5.74) is 1.89. The molecular weight excluding hydrogens is 382 g/mol. The Morgan fingerprint density at radius 2 is 1.60 bits per heavy atom. The first-order valence-electron chi connectivity index (χ1n) is 9.52. The second-order valence-corrected chi connectivity index (χ2v) is 6.98. The number of hydrogen-bond donors (Lipinski definition) is 1. The number of benzene rings is 3. The number of hydrogen-bond acceptors (Lipinski definition) is 5. The summed E-state index contributed by atoms with van der Waals surface area (Å²) < 4.78 is 10.4. The third-order valence-corrected chi connectivity index (χ3v) is 4.85. The molecule has 0 aliphatic carbocycles. The normalized spacial score (nSPS) is 11.6. The first kappa shape index (κ1) is 21.0. The summed E-state index contributed by atoms with van der Waals surface area (Å²) in [6.45, 7) is 2.83. The average molecular weight is 405 g/mol. The van der Waals surface area contributed by atoms with Crippen LogP contribution in [0.5, 0.6) is 5.75 Å². The lowest BCUT2D eigenvalue weighted by atomic mass is 9.98. The monoisotopic (exact) mass is 405 g/mol. The summed E-state index contributed by atoms with van der Waals surface area (Å²) >= 11 is 0. The second kappa shape index (κ2) is 9.22. The molecule has 3 aromatic carbocycles. The molecule has 0 saturated carbocycles. The summed E-state index contributed by atoms with van der Waals surface area (Å²) in [4.78, 5) is 35.7. The molecule has 0 unspecified atom stereocenters. The van der Waals surface area contributed by atoms with E-state index < -0.39 is 17.8 Å². The van der Waals surface area contributed by atoms with E-state index in [2.05, 4.69) is 5.32 Å². The van der Waals surface area contributed by atoms with Crippen molar-refractivity contribution in [3.8, 4) is 5.75 Å². The number of Topliss-reactive ketones (excluding diaryl/α,β-unsaturated/α-hetero) is 1. The number of esters is 1. The fourth-order valence-corrected chi connectivity index (χ4v) is 3.02. The van der Waals surface area contributed by atoms with Crippen molar-refractivity contribution < 1.29 is 23.9 Å². The minimum Gasteiger partial charge on any atom is -0.497 e. The van der Waals surface area contributed by atoms with E-state index in [1.165, 1.54) is 6.92 Å². The van der Waals surface area contributed by atoms with Gasteiger partial charge < -0.3 is 14.8 Å². The van der Waals surface area contributed by atoms with Crippen LogP contribution < -0.4 is 10.1 Å². The van der Waals surface area contributed by atoms with Gasteiger partial charge >= 0.3 is 5.97 Å². The maximum atomic E-state index is 12.4. The molecule has 6 heteroatoms. The highest BCUT2D eigenvalue weighted by Gasteiger charge is 2.18. The second-order valence-electron chi connectivity index (χ2n) is 6.98. The zero-order chi connectivity index (χ0) is 21.7. The minimum absolute atomic E-state index is 0.0522. The van der Waals surface area contributed by atoms with Crippen molar-refractivity contribution in [2.24, 2.45) is 0 Å². The van der Waals surface area contributed by atoms with Crippen LogP contribution in [0.4, 0.5) is 5.69 Å². The van der Waals surface area contributed by atoms with E-state index in [-0.39, 0.29) is 12.4 Å². The predicted octanol–water partition coefficient (Wildman–Crippen LogP) is 4.34. The Hall–Kier alpha value is -3.67. The molecule has 0 aromatic heterocycles. The molecule has 0 fully saturated rings. The van der Waals surface area contributed by atoms with Crippen LogP contribution in [0.25, 0.3) is 10.8 Å². The van der Waals surface area contributed by atoms with Gasteiger partial charge in [-0.15, -0.1) is 0 Å². The van der Waals surface area contributed by atoms with Gasteiger partial charge in [0, 0.05) is 11.3 Å². The molecule has 0 radical (unpaired) electrons. The molecule has 0 aliphatic rings. The summed E-state index contributed by atoms with van der Waals surface area (Å²) in [5.74, 6) is -0.728. The van der Waals surface area contributed by atoms with Crippen molar-refractivity contribution in [2.75, 3.05) is 19.0 Å². The molecular formula is C24H23NO5. The number of ether oxygens (including phenoxy) is 2. The standard InChI is InChI=1S/C24H23NO5/c1-15(18-4-5-20-13-22(29-3)11-8-19(20)12-18)24(28)30-14-23(27)25-21-9-6-17(7-10-21)16(2)26/h4-13,15H,14H2,1-3H3,(H,25,27)/t15-/m0/s1. The predicted molar refractivity (Wildman–Crippen MR) is 115 cm³/mol. The van der Waals surface area contributed by atoms with Crippen LogP contribution in [0.15, 0.2) is 60.7 Å². The van der Waals surface area contributed by atoms with Crippen molar-refractivity contribution in [1.82, 2.24) is 0 Å². The van der Waals surface area contributed by atoms with E-state index in [4.69, 9.17) is 9.47 Å². The van der Waals surface area contributed by atoms with Crippen molar-refractivity contribution >= 4 is 34.1 Å². The molecule has 0 bridgehead atoms. The number of amides is 1. The number of anilines is 1. The molecule has 1 atom stereocenters. The van der Waals surface area contributed by atoms with E-state index >= 15 is 0 Å². The van der Waals surface area contributed by atoms with Crippen LogP contribution in [0.2, 0.25) is 0 Å². The highest BCUT2D eigenvalue weighted by Crippen LogP contribution is 2.25. The van der Waals surface area contributed by atoms with Gasteiger partial charge in [-0.05, 0) is 66.6 Å². The highest BCUT2D eigenvalue weighted by atomic mass is 16.5. The van der Waals surface area contributed by atoms with E-state index in [9.17, 15) is 14.4 Å². The molecule has 0 aliphatic heterocycles. The number of rotatable bonds is 7. The fourth-order valence-electron chi connectivity index (χ4n) is 3.02. The van der Waals surface area contributed by atoms with Gasteiger partial charge in [0.05, 0.1) is 13.0 Å². The molecule has 6 nitrogen and oxygen atoms in total. The molecule has 3 rings (SSSR count). The van der Waals surface area contributed by atoms with Gasteiger partial charge in [-0.2, -0.15) is 0 Å². The maximum Gasteiger partial charge on any atom is 0.313 e. The Morgan fingerprint density at radius 3 is 2.27 bits per heavy atom. The number of carbonyl (C=O) groups is 3. The summed E-state index contributed by atoms with van der Waals surface area (Å²) in [5, 5.41) is 4.63. The van der Waals surface area contributed by atoms with Crippen molar-refractivity contribution in [3.63, 3.8) is 0 Å². The zero-order valence-corrected chi connectivity index (χ0v) is 17.1. The van der Waals surface area contributed by atoms with Gasteiger partial charge in [0.25, 0.3) is 5.91 Å². The van der Waals surface area contributed by atoms with E-state index in [0.717, 1.165) is 22.1 Å². The van der Waals surface area contributed by atoms with Crippen molar-refractivity contribution in [3.05, 3.63) is 71.8 Å². The lowest BCUT2D eigenvalue weighted by Gasteiger charge is -2.13. The third-order valence-electron chi connectivity index (χ3n) is 4.85. The van der Waals surface area contributed by atoms with Gasteiger partial charge in [0.2, 0.25) is 0 Å². The van der Waals surface area contributed by atoms with Crippen LogP contribution in [0.3, 0.4) is 0 Å². The van der Waals surface area contributed by atoms with Crippen molar-refractivity contribution in [1.29, 1.82) is 0 Å². The quantitative estimate of drug-likeness (QED) is 0.467. The van der Waals surface area contributed by atoms with Crippen molar-refractivity contribution in [2.45, 2.75) is 19.8 Å². The van der Waals surface area contributed by atoms with Gasteiger partial charge in [-0.1, -0.05) is 24.3 Å². The molecule has 3 aromatic rings. The van der Waals surface area contributed by atoms with E-state index in [0.29, 0.717) is 11.3 Å². The van der Waals surface area contributed by atoms with Crippen LogP contribution in [-0.2, 0) is 14.3 Å². The molecule has 1 N–H and O–H groups in total. The molecule has 154 valence electrons. The van der Waals surface area contributed by atoms with E-state index in [1.54, 1.807) is 38.3 Å². The Labute approximate surface area is 174 Å². The Kier molecular flexibility index (Phi) is 6.47. The Morgan fingerprint density at radius 1 is 0.933 bits per heavy atom. The average Bonchev–Trinajstić information content (AvgIpc) is 2.76. The first-order chi connectivity index (χ1) is 14.4. The largest absolute Gasteiger partial charge is 0.497 e. The minimum atomic E-state index is -0.515. The lowest BCUT2D eigenvalue weighted by Crippen LogP contribution is -2.23.